The van der Waals surface area contributed by atoms with Crippen molar-refractivity contribution in [2.24, 2.45) is 5.14 Å². The molecule has 0 saturated carbocycles. The topological polar surface area (TPSA) is 94.3 Å². The van der Waals surface area contributed by atoms with Crippen molar-refractivity contribution in [2.45, 2.75) is 16.2 Å². The van der Waals surface area contributed by atoms with Gasteiger partial charge in [0.25, 0.3) is 6.43 Å². The number of hydrogen-bond acceptors (Lipinski definition) is 4. The van der Waals surface area contributed by atoms with Crippen LogP contribution in [0.1, 0.15) is 0 Å². The molecule has 11 heteroatoms. The van der Waals surface area contributed by atoms with Gasteiger partial charge in [0.2, 0.25) is 10.0 Å². The van der Waals surface area contributed by atoms with Crippen LogP contribution in [0.3, 0.4) is 0 Å². The Balaban J connectivity index is 3.29. The first kappa shape index (κ1) is 18.0. The molecule has 0 atom stereocenters. The second-order valence-electron chi connectivity index (χ2n) is 3.81. The van der Waals surface area contributed by atoms with Crippen molar-refractivity contribution in [1.29, 1.82) is 0 Å². The number of allylic oxidation sites excluding steroid dienone is 1. The Labute approximate surface area is 124 Å². The van der Waals surface area contributed by atoms with E-state index in [9.17, 15) is 30.0 Å². The molecular weight excluding hydrogens is 355 g/mol. The number of hydrogen-bond donors (Lipinski definition) is 1. The van der Waals surface area contributed by atoms with E-state index >= 15 is 0 Å². The molecule has 118 valence electrons. The van der Waals surface area contributed by atoms with Gasteiger partial charge in [0.15, 0.2) is 9.84 Å². The smallest absolute Gasteiger partial charge is 0.225 e. The molecule has 5 nitrogen and oxygen atoms in total. The molecular formula is C10H9ClF3NO4S2. The van der Waals surface area contributed by atoms with E-state index in [4.69, 9.17) is 16.7 Å². The highest BCUT2D eigenvalue weighted by molar-refractivity contribution is 7.91. The summed E-state index contributed by atoms with van der Waals surface area (Å²) in [6.45, 7) is 0. The van der Waals surface area contributed by atoms with Crippen LogP contribution in [0.5, 0.6) is 0 Å². The lowest BCUT2D eigenvalue weighted by Gasteiger charge is -2.06. The fourth-order valence-electron chi connectivity index (χ4n) is 1.27. The molecule has 0 fully saturated rings. The molecule has 0 aliphatic carbocycles. The van der Waals surface area contributed by atoms with Gasteiger partial charge in [-0.3, -0.25) is 0 Å². The van der Waals surface area contributed by atoms with Crippen molar-refractivity contribution in [3.8, 4) is 0 Å². The van der Waals surface area contributed by atoms with Crippen LogP contribution in [0.4, 0.5) is 13.2 Å². The second-order valence-corrected chi connectivity index (χ2v) is 7.81. The predicted octanol–water partition coefficient (Wildman–Crippen LogP) is 1.63. The highest BCUT2D eigenvalue weighted by Gasteiger charge is 2.22. The molecule has 0 aliphatic rings. The van der Waals surface area contributed by atoms with Crippen LogP contribution >= 0.6 is 11.6 Å². The van der Waals surface area contributed by atoms with E-state index < -0.39 is 52.7 Å². The van der Waals surface area contributed by atoms with Gasteiger partial charge in [0.05, 0.1) is 15.7 Å². The zero-order chi connectivity index (χ0) is 16.4. The van der Waals surface area contributed by atoms with E-state index in [-0.39, 0.29) is 0 Å². The average molecular weight is 364 g/mol. The maximum Gasteiger partial charge on any atom is 0.273 e. The number of nitrogens with two attached hydrogens (primary N) is 1. The van der Waals surface area contributed by atoms with Crippen molar-refractivity contribution in [1.82, 2.24) is 0 Å². The van der Waals surface area contributed by atoms with Crippen LogP contribution in [-0.4, -0.2) is 29.0 Å². The van der Waals surface area contributed by atoms with Crippen LogP contribution in [0, 0.1) is 5.82 Å². The monoisotopic (exact) mass is 363 g/mol. The van der Waals surface area contributed by atoms with E-state index in [2.05, 4.69) is 0 Å². The molecule has 1 rings (SSSR count). The molecule has 21 heavy (non-hydrogen) atoms. The summed E-state index contributed by atoms with van der Waals surface area (Å²) >= 11 is 5.09. The molecule has 0 heterocycles. The lowest BCUT2D eigenvalue weighted by atomic mass is 10.3. The summed E-state index contributed by atoms with van der Waals surface area (Å²) in [6, 6.07) is 1.90. The van der Waals surface area contributed by atoms with E-state index in [0.717, 1.165) is 6.07 Å². The Morgan fingerprint density at radius 2 is 1.86 bits per heavy atom. The molecule has 0 radical (unpaired) electrons. The third-order valence-electron chi connectivity index (χ3n) is 2.27. The van der Waals surface area contributed by atoms with Gasteiger partial charge in [0.1, 0.15) is 10.7 Å². The summed E-state index contributed by atoms with van der Waals surface area (Å²) in [5, 5.41) is 3.79. The maximum absolute atomic E-state index is 13.5. The van der Waals surface area contributed by atoms with Gasteiger partial charge in [-0.05, 0) is 24.3 Å². The largest absolute Gasteiger partial charge is 0.273 e. The van der Waals surface area contributed by atoms with Gasteiger partial charge in [-0.2, -0.15) is 0 Å². The van der Waals surface area contributed by atoms with Crippen molar-refractivity contribution in [3.05, 3.63) is 35.1 Å². The summed E-state index contributed by atoms with van der Waals surface area (Å²) in [5.41, 5.74) is 0. The summed E-state index contributed by atoms with van der Waals surface area (Å²) in [4.78, 5) is -1.59. The van der Waals surface area contributed by atoms with Crippen LogP contribution in [0.15, 0.2) is 39.1 Å². The second kappa shape index (κ2) is 6.34. The van der Waals surface area contributed by atoms with E-state index in [1.54, 1.807) is 0 Å². The minimum atomic E-state index is -4.39. The average Bonchev–Trinajstić information content (AvgIpc) is 2.34. The summed E-state index contributed by atoms with van der Waals surface area (Å²) in [5.74, 6) is -2.25. The Morgan fingerprint density at radius 3 is 2.33 bits per heavy atom. The Kier molecular flexibility index (Phi) is 5.42. The van der Waals surface area contributed by atoms with Crippen molar-refractivity contribution in [3.63, 3.8) is 0 Å². The number of sulfone groups is 1. The molecule has 0 amide bonds. The van der Waals surface area contributed by atoms with Gasteiger partial charge >= 0.3 is 0 Å². The van der Waals surface area contributed by atoms with Gasteiger partial charge in [-0.25, -0.2) is 35.1 Å². The SMILES string of the molecule is NS(=O)(=O)c1ccc(F)c(S(=O)(=O)CC=C(Cl)C(F)F)c1. The highest BCUT2D eigenvalue weighted by atomic mass is 35.5. The molecule has 1 aromatic rings. The fourth-order valence-corrected chi connectivity index (χ4v) is 3.30. The van der Waals surface area contributed by atoms with E-state index in [0.29, 0.717) is 18.2 Å². The number of sulfonamides is 1. The van der Waals surface area contributed by atoms with Gasteiger partial charge in [-0.15, -0.1) is 0 Å². The third kappa shape index (κ3) is 4.70. The molecule has 0 bridgehead atoms. The normalized spacial score (nSPS) is 13.7. The first-order chi connectivity index (χ1) is 9.45. The number of benzene rings is 1. The van der Waals surface area contributed by atoms with Gasteiger partial charge in [0, 0.05) is 0 Å². The molecule has 2 N–H and O–H groups in total. The van der Waals surface area contributed by atoms with Crippen LogP contribution in [0.2, 0.25) is 0 Å². The quantitative estimate of drug-likeness (QED) is 0.860. The first-order valence-electron chi connectivity index (χ1n) is 5.14. The number of rotatable bonds is 5. The minimum absolute atomic E-state index is 0.505. The Morgan fingerprint density at radius 1 is 1.29 bits per heavy atom. The van der Waals surface area contributed by atoms with Crippen LogP contribution in [0.25, 0.3) is 0 Å². The van der Waals surface area contributed by atoms with Crippen molar-refractivity contribution < 1.29 is 30.0 Å². The van der Waals surface area contributed by atoms with Crippen LogP contribution < -0.4 is 5.14 Å². The van der Waals surface area contributed by atoms with Crippen LogP contribution in [-0.2, 0) is 19.9 Å². The maximum atomic E-state index is 13.5. The third-order valence-corrected chi connectivity index (χ3v) is 5.09. The molecule has 1 aromatic carbocycles. The predicted molar refractivity (Wildman–Crippen MR) is 69.8 cm³/mol. The first-order valence-corrected chi connectivity index (χ1v) is 8.71. The summed E-state index contributed by atoms with van der Waals surface area (Å²) < 4.78 is 83.7. The fraction of sp³-hybridized carbons (Fsp3) is 0.200. The zero-order valence-corrected chi connectivity index (χ0v) is 12.5. The van der Waals surface area contributed by atoms with Crippen molar-refractivity contribution >= 4 is 31.5 Å². The number of primary sulfonamides is 1. The molecule has 0 aliphatic heterocycles. The molecule has 0 saturated heterocycles. The van der Waals surface area contributed by atoms with E-state index in [1.807, 2.05) is 0 Å². The lowest BCUT2D eigenvalue weighted by molar-refractivity contribution is 0.198. The Bertz CT molecular complexity index is 775. The Hall–Kier alpha value is -1.10. The summed E-state index contributed by atoms with van der Waals surface area (Å²) in [6.07, 6.45) is -2.56. The lowest BCUT2D eigenvalue weighted by Crippen LogP contribution is -2.14. The van der Waals surface area contributed by atoms with Crippen molar-refractivity contribution in [2.75, 3.05) is 5.75 Å². The number of halogens is 4. The van der Waals surface area contributed by atoms with Gasteiger partial charge < -0.3 is 0 Å². The number of alkyl halides is 2. The molecule has 0 unspecified atom stereocenters. The standard InChI is InChI=1S/C10H9ClF3NO4S2/c11-7(10(13)14)3-4-20(16,17)9-5-6(21(15,18)19)1-2-8(9)12/h1-3,5,10H,4H2,(H2,15,18,19). The highest BCUT2D eigenvalue weighted by Crippen LogP contribution is 2.21. The summed E-state index contributed by atoms with van der Waals surface area (Å²) in [7, 11) is -8.63. The van der Waals surface area contributed by atoms with E-state index in [1.165, 1.54) is 0 Å². The zero-order valence-electron chi connectivity index (χ0n) is 10.1. The minimum Gasteiger partial charge on any atom is -0.225 e. The molecule has 0 spiro atoms. The van der Waals surface area contributed by atoms with Gasteiger partial charge in [-0.1, -0.05) is 11.6 Å². The molecule has 0 aromatic heterocycles.